The molecule has 0 unspecified atom stereocenters. The van der Waals surface area contributed by atoms with Crippen LogP contribution in [0.25, 0.3) is 0 Å². The van der Waals surface area contributed by atoms with Gasteiger partial charge in [-0.2, -0.15) is 0 Å². The van der Waals surface area contributed by atoms with Crippen molar-refractivity contribution in [3.05, 3.63) is 0 Å². The molecule has 0 aliphatic rings. The van der Waals surface area contributed by atoms with Gasteiger partial charge in [0.15, 0.2) is 5.16 Å². The second kappa shape index (κ2) is 5.39. The molecular formula is C10H19N5OS. The highest BCUT2D eigenvalue weighted by Gasteiger charge is 2.18. The summed E-state index contributed by atoms with van der Waals surface area (Å²) in [5.41, 5.74) is 5.38. The first-order valence-corrected chi connectivity index (χ1v) is 6.43. The second-order valence-corrected chi connectivity index (χ2v) is 5.42. The highest BCUT2D eigenvalue weighted by atomic mass is 32.2. The molecule has 1 rings (SSSR count). The van der Waals surface area contributed by atoms with Crippen LogP contribution in [0.2, 0.25) is 0 Å². The topological polar surface area (TPSA) is 85.8 Å². The fourth-order valence-electron chi connectivity index (χ4n) is 1.08. The number of rotatable bonds is 5. The van der Waals surface area contributed by atoms with Gasteiger partial charge in [0.2, 0.25) is 11.9 Å². The van der Waals surface area contributed by atoms with E-state index in [-0.39, 0.29) is 11.4 Å². The summed E-state index contributed by atoms with van der Waals surface area (Å²) in [6.45, 7) is 6.03. The van der Waals surface area contributed by atoms with Crippen LogP contribution in [0.3, 0.4) is 0 Å². The van der Waals surface area contributed by atoms with Crippen LogP contribution in [0, 0.1) is 0 Å². The molecule has 0 spiro atoms. The number of anilines is 1. The number of nitrogens with zero attached hydrogens (tertiary/aromatic N) is 3. The Balaban J connectivity index is 2.46. The highest BCUT2D eigenvalue weighted by Crippen LogP contribution is 2.16. The summed E-state index contributed by atoms with van der Waals surface area (Å²) >= 11 is 1.32. The molecular weight excluding hydrogens is 238 g/mol. The molecule has 17 heavy (non-hydrogen) atoms. The van der Waals surface area contributed by atoms with E-state index < -0.39 is 0 Å². The molecule has 0 fully saturated rings. The number of hydrogen-bond donors (Lipinski definition) is 2. The Bertz CT molecular complexity index is 401. The zero-order valence-electron chi connectivity index (χ0n) is 10.6. The van der Waals surface area contributed by atoms with Crippen LogP contribution in [0.4, 0.5) is 5.95 Å². The molecule has 0 saturated carbocycles. The van der Waals surface area contributed by atoms with E-state index in [2.05, 4.69) is 15.5 Å². The molecule has 3 N–H and O–H groups in total. The summed E-state index contributed by atoms with van der Waals surface area (Å²) in [5.74, 6) is 0.653. The van der Waals surface area contributed by atoms with Gasteiger partial charge in [-0.05, 0) is 20.3 Å². The standard InChI is InChI=1S/C10H19N5OS/c1-5-10(2,3)12-7(16)6-17-9-14-13-8(11)15(9)4/h5-6H2,1-4H3,(H2,11,13)(H,12,16). The zero-order valence-corrected chi connectivity index (χ0v) is 11.5. The Hall–Kier alpha value is -1.24. The maximum absolute atomic E-state index is 11.7. The Morgan fingerprint density at radius 1 is 1.53 bits per heavy atom. The first kappa shape index (κ1) is 13.8. The van der Waals surface area contributed by atoms with Gasteiger partial charge in [-0.15, -0.1) is 10.2 Å². The van der Waals surface area contributed by atoms with E-state index in [1.54, 1.807) is 11.6 Å². The Morgan fingerprint density at radius 3 is 2.65 bits per heavy atom. The van der Waals surface area contributed by atoms with Crippen LogP contribution in [0.1, 0.15) is 27.2 Å². The molecule has 1 aromatic rings. The van der Waals surface area contributed by atoms with Crippen molar-refractivity contribution >= 4 is 23.6 Å². The number of nitrogen functional groups attached to an aromatic ring is 1. The number of thioether (sulfide) groups is 1. The zero-order chi connectivity index (χ0) is 13.1. The number of amides is 1. The summed E-state index contributed by atoms with van der Waals surface area (Å²) in [6, 6.07) is 0. The fraction of sp³-hybridized carbons (Fsp3) is 0.700. The van der Waals surface area contributed by atoms with Gasteiger partial charge >= 0.3 is 0 Å². The minimum absolute atomic E-state index is 0.0107. The average Bonchev–Trinajstić information content (AvgIpc) is 2.57. The van der Waals surface area contributed by atoms with Gasteiger partial charge in [0, 0.05) is 12.6 Å². The molecule has 0 radical (unpaired) electrons. The van der Waals surface area contributed by atoms with Crippen molar-refractivity contribution in [3.63, 3.8) is 0 Å². The smallest absolute Gasteiger partial charge is 0.230 e. The van der Waals surface area contributed by atoms with E-state index >= 15 is 0 Å². The molecule has 0 aromatic carbocycles. The summed E-state index contributed by atoms with van der Waals surface area (Å²) in [4.78, 5) is 11.7. The predicted octanol–water partition coefficient (Wildman–Crippen LogP) is 0.794. The molecule has 1 heterocycles. The highest BCUT2D eigenvalue weighted by molar-refractivity contribution is 7.99. The largest absolute Gasteiger partial charge is 0.368 e. The van der Waals surface area contributed by atoms with Crippen LogP contribution >= 0.6 is 11.8 Å². The third-order valence-corrected chi connectivity index (χ3v) is 3.58. The van der Waals surface area contributed by atoms with Crippen molar-refractivity contribution in [1.29, 1.82) is 0 Å². The number of hydrogen-bond acceptors (Lipinski definition) is 5. The molecule has 1 amide bonds. The molecule has 0 aliphatic heterocycles. The molecule has 0 saturated heterocycles. The number of carbonyl (C=O) groups is 1. The van der Waals surface area contributed by atoms with Crippen LogP contribution in [-0.4, -0.2) is 32.0 Å². The lowest BCUT2D eigenvalue weighted by Crippen LogP contribution is -2.43. The van der Waals surface area contributed by atoms with E-state index in [1.165, 1.54) is 11.8 Å². The molecule has 0 bridgehead atoms. The number of nitrogens with two attached hydrogens (primary N) is 1. The van der Waals surface area contributed by atoms with Gasteiger partial charge in [0.05, 0.1) is 5.75 Å². The van der Waals surface area contributed by atoms with Crippen LogP contribution < -0.4 is 11.1 Å². The van der Waals surface area contributed by atoms with Gasteiger partial charge in [-0.25, -0.2) is 0 Å². The summed E-state index contributed by atoms with van der Waals surface area (Å²) in [5, 5.41) is 11.2. The fourth-order valence-corrected chi connectivity index (χ4v) is 1.80. The predicted molar refractivity (Wildman–Crippen MR) is 68.7 cm³/mol. The van der Waals surface area contributed by atoms with Crippen molar-refractivity contribution in [2.75, 3.05) is 11.5 Å². The van der Waals surface area contributed by atoms with E-state index in [0.717, 1.165) is 6.42 Å². The van der Waals surface area contributed by atoms with Gasteiger partial charge in [-0.1, -0.05) is 18.7 Å². The molecule has 0 atom stereocenters. The first-order chi connectivity index (χ1) is 7.85. The van der Waals surface area contributed by atoms with Crippen LogP contribution in [0.5, 0.6) is 0 Å². The molecule has 1 aromatic heterocycles. The third kappa shape index (κ3) is 3.92. The molecule has 6 nitrogen and oxygen atoms in total. The molecule has 0 aliphatic carbocycles. The van der Waals surface area contributed by atoms with Gasteiger partial charge in [0.25, 0.3) is 0 Å². The molecule has 7 heteroatoms. The summed E-state index contributed by atoms with van der Waals surface area (Å²) < 4.78 is 1.66. The van der Waals surface area contributed by atoms with E-state index in [9.17, 15) is 4.79 Å². The maximum atomic E-state index is 11.7. The Morgan fingerprint density at radius 2 is 2.18 bits per heavy atom. The van der Waals surface area contributed by atoms with E-state index in [0.29, 0.717) is 16.9 Å². The van der Waals surface area contributed by atoms with Gasteiger partial charge in [-0.3, -0.25) is 9.36 Å². The van der Waals surface area contributed by atoms with Crippen LogP contribution in [-0.2, 0) is 11.8 Å². The van der Waals surface area contributed by atoms with Crippen molar-refractivity contribution in [2.45, 2.75) is 37.9 Å². The number of carbonyl (C=O) groups excluding carboxylic acids is 1. The van der Waals surface area contributed by atoms with Gasteiger partial charge < -0.3 is 11.1 Å². The normalized spacial score (nSPS) is 11.5. The quantitative estimate of drug-likeness (QED) is 0.762. The SMILES string of the molecule is CCC(C)(C)NC(=O)CSc1nnc(N)n1C. The lowest BCUT2D eigenvalue weighted by atomic mass is 10.0. The second-order valence-electron chi connectivity index (χ2n) is 4.47. The van der Waals surface area contributed by atoms with Crippen molar-refractivity contribution in [3.8, 4) is 0 Å². The third-order valence-electron chi connectivity index (χ3n) is 2.56. The lowest BCUT2D eigenvalue weighted by molar-refractivity contribution is -0.120. The minimum atomic E-state index is -0.170. The van der Waals surface area contributed by atoms with Crippen molar-refractivity contribution in [1.82, 2.24) is 20.1 Å². The van der Waals surface area contributed by atoms with Gasteiger partial charge in [0.1, 0.15) is 0 Å². The summed E-state index contributed by atoms with van der Waals surface area (Å²) in [6.07, 6.45) is 0.889. The molecule has 96 valence electrons. The maximum Gasteiger partial charge on any atom is 0.230 e. The Kier molecular flexibility index (Phi) is 4.39. The van der Waals surface area contributed by atoms with Crippen molar-refractivity contribution < 1.29 is 4.79 Å². The minimum Gasteiger partial charge on any atom is -0.368 e. The number of aromatic nitrogens is 3. The van der Waals surface area contributed by atoms with Crippen molar-refractivity contribution in [2.24, 2.45) is 7.05 Å². The Labute approximate surface area is 105 Å². The first-order valence-electron chi connectivity index (χ1n) is 5.44. The summed E-state index contributed by atoms with van der Waals surface area (Å²) in [7, 11) is 1.77. The van der Waals surface area contributed by atoms with E-state index in [4.69, 9.17) is 5.73 Å². The number of nitrogens with one attached hydrogen (secondary N) is 1. The average molecular weight is 257 g/mol. The monoisotopic (exact) mass is 257 g/mol. The van der Waals surface area contributed by atoms with E-state index in [1.807, 2.05) is 20.8 Å². The lowest BCUT2D eigenvalue weighted by Gasteiger charge is -2.24. The van der Waals surface area contributed by atoms with Crippen LogP contribution in [0.15, 0.2) is 5.16 Å².